The van der Waals surface area contributed by atoms with Gasteiger partial charge in [-0.2, -0.15) is 0 Å². The van der Waals surface area contributed by atoms with Gasteiger partial charge in [0.1, 0.15) is 5.70 Å². The first-order valence-electron chi connectivity index (χ1n) is 11.0. The van der Waals surface area contributed by atoms with E-state index in [0.717, 1.165) is 48.2 Å². The molecule has 162 valence electrons. The minimum Gasteiger partial charge on any atom is -0.366 e. The zero-order chi connectivity index (χ0) is 22.1. The lowest BCUT2D eigenvalue weighted by Crippen LogP contribution is -2.39. The Balaban J connectivity index is 1.67. The Morgan fingerprint density at radius 3 is 2.29 bits per heavy atom. The van der Waals surface area contributed by atoms with E-state index in [2.05, 4.69) is 17.9 Å². The molecule has 0 aromatic heterocycles. The summed E-state index contributed by atoms with van der Waals surface area (Å²) >= 11 is 5.98. The number of hydrogen-bond donors (Lipinski definition) is 0. The van der Waals surface area contributed by atoms with Gasteiger partial charge < -0.3 is 4.90 Å². The fourth-order valence-corrected chi connectivity index (χ4v) is 4.65. The van der Waals surface area contributed by atoms with Crippen molar-refractivity contribution in [2.24, 2.45) is 5.92 Å². The molecule has 4 nitrogen and oxygen atoms in total. The largest absolute Gasteiger partial charge is 0.366 e. The van der Waals surface area contributed by atoms with Crippen LogP contribution < -0.4 is 0 Å². The van der Waals surface area contributed by atoms with E-state index in [1.807, 2.05) is 50.2 Å². The third-order valence-corrected chi connectivity index (χ3v) is 6.68. The van der Waals surface area contributed by atoms with E-state index in [-0.39, 0.29) is 11.8 Å². The fraction of sp³-hybridized carbons (Fsp3) is 0.385. The van der Waals surface area contributed by atoms with Crippen molar-refractivity contribution in [3.05, 3.63) is 75.4 Å². The summed E-state index contributed by atoms with van der Waals surface area (Å²) < 4.78 is 0. The number of nitrogens with zero attached hydrogens (tertiary/aromatic N) is 2. The van der Waals surface area contributed by atoms with Crippen molar-refractivity contribution in [2.75, 3.05) is 19.6 Å². The highest BCUT2D eigenvalue weighted by Crippen LogP contribution is 2.35. The van der Waals surface area contributed by atoms with Crippen LogP contribution in [0.5, 0.6) is 0 Å². The van der Waals surface area contributed by atoms with Crippen LogP contribution in [0.25, 0.3) is 5.57 Å². The molecule has 0 aliphatic carbocycles. The molecule has 0 radical (unpaired) electrons. The third kappa shape index (κ3) is 4.40. The highest BCUT2D eigenvalue weighted by atomic mass is 35.5. The minimum atomic E-state index is -0.181. The predicted octanol–water partition coefficient (Wildman–Crippen LogP) is 5.01. The molecule has 0 bridgehead atoms. The maximum absolute atomic E-state index is 13.5. The van der Waals surface area contributed by atoms with Crippen molar-refractivity contribution in [1.82, 2.24) is 9.80 Å². The number of likely N-dealkylation sites (tertiary alicyclic amines) is 1. The molecule has 5 heteroatoms. The van der Waals surface area contributed by atoms with Gasteiger partial charge in [-0.3, -0.25) is 14.5 Å². The first-order valence-corrected chi connectivity index (χ1v) is 11.4. The van der Waals surface area contributed by atoms with Crippen molar-refractivity contribution in [1.29, 1.82) is 0 Å². The number of aryl methyl sites for hydroxylation is 2. The second-order valence-corrected chi connectivity index (χ2v) is 9.29. The maximum Gasteiger partial charge on any atom is 0.277 e. The number of benzene rings is 2. The van der Waals surface area contributed by atoms with Crippen LogP contribution in [-0.4, -0.2) is 41.2 Å². The summed E-state index contributed by atoms with van der Waals surface area (Å²) in [4.78, 5) is 30.6. The molecule has 31 heavy (non-hydrogen) atoms. The van der Waals surface area contributed by atoms with Gasteiger partial charge in [-0.1, -0.05) is 54.4 Å². The number of carbonyl (C=O) groups is 2. The molecule has 0 atom stereocenters. The Morgan fingerprint density at radius 2 is 1.65 bits per heavy atom. The highest BCUT2D eigenvalue weighted by molar-refractivity contribution is 6.35. The van der Waals surface area contributed by atoms with Gasteiger partial charge in [0.05, 0.1) is 5.57 Å². The zero-order valence-corrected chi connectivity index (χ0v) is 19.2. The summed E-state index contributed by atoms with van der Waals surface area (Å²) in [5.41, 5.74) is 5.24. The molecule has 2 amide bonds. The number of amides is 2. The minimum absolute atomic E-state index is 0.163. The Kier molecular flexibility index (Phi) is 6.19. The first kappa shape index (κ1) is 21.6. The summed E-state index contributed by atoms with van der Waals surface area (Å²) in [7, 11) is 0. The van der Waals surface area contributed by atoms with Gasteiger partial charge in [0, 0.05) is 24.7 Å². The van der Waals surface area contributed by atoms with Gasteiger partial charge in [0.25, 0.3) is 11.8 Å². The molecular formula is C26H29ClN2O2. The molecule has 0 saturated carbocycles. The molecule has 2 aliphatic rings. The highest BCUT2D eigenvalue weighted by Gasteiger charge is 2.42. The van der Waals surface area contributed by atoms with Crippen molar-refractivity contribution in [3.63, 3.8) is 0 Å². The van der Waals surface area contributed by atoms with E-state index in [1.54, 1.807) is 0 Å². The smallest absolute Gasteiger partial charge is 0.277 e. The predicted molar refractivity (Wildman–Crippen MR) is 125 cm³/mol. The van der Waals surface area contributed by atoms with Crippen LogP contribution in [0.15, 0.2) is 48.2 Å². The van der Waals surface area contributed by atoms with Gasteiger partial charge in [0.15, 0.2) is 0 Å². The monoisotopic (exact) mass is 436 g/mol. The van der Waals surface area contributed by atoms with E-state index in [1.165, 1.54) is 4.90 Å². The Hall–Kier alpha value is -2.59. The fourth-order valence-electron chi connectivity index (χ4n) is 4.52. The Morgan fingerprint density at radius 1 is 0.968 bits per heavy atom. The second-order valence-electron chi connectivity index (χ2n) is 8.85. The molecule has 4 rings (SSSR count). The molecule has 2 aromatic rings. The lowest BCUT2D eigenvalue weighted by atomic mass is 9.95. The normalized spacial score (nSPS) is 17.8. The van der Waals surface area contributed by atoms with E-state index >= 15 is 0 Å². The van der Waals surface area contributed by atoms with Gasteiger partial charge >= 0.3 is 0 Å². The number of halogens is 1. The van der Waals surface area contributed by atoms with Crippen LogP contribution in [-0.2, 0) is 16.0 Å². The van der Waals surface area contributed by atoms with Gasteiger partial charge in [-0.05, 0) is 67.9 Å². The number of piperidine rings is 1. The number of rotatable bonds is 5. The zero-order valence-electron chi connectivity index (χ0n) is 18.5. The summed E-state index contributed by atoms with van der Waals surface area (Å²) in [6.07, 6.45) is 2.69. The molecule has 2 heterocycles. The van der Waals surface area contributed by atoms with Crippen LogP contribution >= 0.6 is 11.6 Å². The summed E-state index contributed by atoms with van der Waals surface area (Å²) in [5, 5.41) is 0.678. The number of carbonyl (C=O) groups excluding carboxylic acids is 2. The van der Waals surface area contributed by atoms with E-state index in [9.17, 15) is 9.59 Å². The lowest BCUT2D eigenvalue weighted by Gasteiger charge is -2.32. The van der Waals surface area contributed by atoms with E-state index in [0.29, 0.717) is 35.2 Å². The van der Waals surface area contributed by atoms with Crippen LogP contribution in [0.4, 0.5) is 0 Å². The number of imide groups is 1. The average Bonchev–Trinajstić information content (AvgIpc) is 2.98. The summed E-state index contributed by atoms with van der Waals surface area (Å²) in [5.74, 6) is 0.303. The van der Waals surface area contributed by atoms with Crippen LogP contribution in [0, 0.1) is 19.8 Å². The summed E-state index contributed by atoms with van der Waals surface area (Å²) in [6.45, 7) is 8.29. The first-order chi connectivity index (χ1) is 14.8. The average molecular weight is 437 g/mol. The number of hydrogen-bond acceptors (Lipinski definition) is 3. The van der Waals surface area contributed by atoms with Crippen molar-refractivity contribution >= 4 is 29.0 Å². The van der Waals surface area contributed by atoms with Gasteiger partial charge in [0.2, 0.25) is 0 Å². The molecule has 0 spiro atoms. The molecule has 1 saturated heterocycles. The van der Waals surface area contributed by atoms with Crippen LogP contribution in [0.3, 0.4) is 0 Å². The molecule has 0 unspecified atom stereocenters. The second kappa shape index (κ2) is 8.88. The standard InChI is InChI=1S/C26H29ClN2O2/c1-17-10-13-28(14-11-17)24-23(22-9-4-18(2)16-19(22)3)25(30)29(26(24)31)15-12-20-5-7-21(27)8-6-20/h4-9,16-17H,10-15H2,1-3H3. The van der Waals surface area contributed by atoms with Crippen molar-refractivity contribution in [2.45, 2.75) is 40.0 Å². The van der Waals surface area contributed by atoms with Crippen LogP contribution in [0.1, 0.15) is 42.0 Å². The molecule has 2 aliphatic heterocycles. The third-order valence-electron chi connectivity index (χ3n) is 6.43. The van der Waals surface area contributed by atoms with Crippen molar-refractivity contribution in [3.8, 4) is 0 Å². The molecule has 2 aromatic carbocycles. The Labute approximate surface area is 189 Å². The van der Waals surface area contributed by atoms with Gasteiger partial charge in [-0.25, -0.2) is 0 Å². The molecule has 0 N–H and O–H groups in total. The summed E-state index contributed by atoms with van der Waals surface area (Å²) in [6, 6.07) is 13.6. The topological polar surface area (TPSA) is 40.6 Å². The maximum atomic E-state index is 13.5. The Bertz CT molecular complexity index is 1030. The van der Waals surface area contributed by atoms with E-state index < -0.39 is 0 Å². The van der Waals surface area contributed by atoms with Gasteiger partial charge in [-0.15, -0.1) is 0 Å². The quantitative estimate of drug-likeness (QED) is 0.618. The lowest BCUT2D eigenvalue weighted by molar-refractivity contribution is -0.137. The SMILES string of the molecule is Cc1ccc(C2=C(N3CCC(C)CC3)C(=O)N(CCc3ccc(Cl)cc3)C2=O)c(C)c1. The van der Waals surface area contributed by atoms with Crippen LogP contribution in [0.2, 0.25) is 5.02 Å². The van der Waals surface area contributed by atoms with E-state index in [4.69, 9.17) is 11.6 Å². The molecule has 1 fully saturated rings. The molecular weight excluding hydrogens is 408 g/mol. The van der Waals surface area contributed by atoms with Crippen molar-refractivity contribution < 1.29 is 9.59 Å².